The maximum absolute atomic E-state index is 12.7. The number of nitrogens with zero attached hydrogens (tertiary/aromatic N) is 2. The third kappa shape index (κ3) is 3.35. The molecule has 4 aromatic rings. The van der Waals surface area contributed by atoms with Crippen LogP contribution in [0.15, 0.2) is 48.5 Å². The van der Waals surface area contributed by atoms with E-state index in [9.17, 15) is 4.79 Å². The number of halogens is 2. The highest BCUT2D eigenvalue weighted by Crippen LogP contribution is 2.40. The molecule has 0 unspecified atom stereocenters. The number of hydrogen-bond donors (Lipinski definition) is 3. The lowest BCUT2D eigenvalue weighted by molar-refractivity contribution is 0.103. The van der Waals surface area contributed by atoms with Gasteiger partial charge >= 0.3 is 0 Å². The third-order valence-electron chi connectivity index (χ3n) is 4.04. The molecule has 140 valence electrons. The van der Waals surface area contributed by atoms with Crippen molar-refractivity contribution in [3.05, 3.63) is 63.5 Å². The molecular weight excluding hydrogens is 417 g/mol. The van der Waals surface area contributed by atoms with Crippen molar-refractivity contribution in [2.75, 3.05) is 16.8 Å². The Kier molecular flexibility index (Phi) is 4.80. The maximum Gasteiger partial charge on any atom is 0.267 e. The molecule has 1 amide bonds. The van der Waals surface area contributed by atoms with Gasteiger partial charge in [0.2, 0.25) is 5.95 Å². The summed E-state index contributed by atoms with van der Waals surface area (Å²) in [4.78, 5) is 22.1. The van der Waals surface area contributed by atoms with Crippen LogP contribution in [0.1, 0.15) is 9.67 Å². The highest BCUT2D eigenvalue weighted by atomic mass is 35.5. The molecule has 0 bridgehead atoms. The second kappa shape index (κ2) is 7.27. The van der Waals surface area contributed by atoms with Gasteiger partial charge in [-0.2, -0.15) is 0 Å². The fourth-order valence-corrected chi connectivity index (χ4v) is 4.06. The Morgan fingerprint density at radius 1 is 1.00 bits per heavy atom. The Bertz CT molecular complexity index is 1210. The SMILES string of the molecule is Nc1nc(-c2ccc(Cl)c(Cl)c2)c2c(N)c(C(=O)Nc3ccccc3)sc2n1. The van der Waals surface area contributed by atoms with Crippen LogP contribution in [-0.2, 0) is 0 Å². The zero-order chi connectivity index (χ0) is 19.8. The van der Waals surface area contributed by atoms with Gasteiger partial charge in [-0.15, -0.1) is 11.3 Å². The molecule has 0 fully saturated rings. The highest BCUT2D eigenvalue weighted by Gasteiger charge is 2.22. The average molecular weight is 430 g/mol. The number of carbonyl (C=O) groups excluding carboxylic acids is 1. The molecule has 0 spiro atoms. The van der Waals surface area contributed by atoms with Gasteiger partial charge in [0.1, 0.15) is 9.71 Å². The second-order valence-electron chi connectivity index (χ2n) is 5.90. The summed E-state index contributed by atoms with van der Waals surface area (Å²) in [6.45, 7) is 0. The number of thiophene rings is 1. The molecule has 0 radical (unpaired) electrons. The molecule has 2 heterocycles. The molecule has 2 aromatic heterocycles. The largest absolute Gasteiger partial charge is 0.397 e. The van der Waals surface area contributed by atoms with Crippen molar-refractivity contribution in [3.8, 4) is 11.3 Å². The van der Waals surface area contributed by atoms with Gasteiger partial charge in [0.25, 0.3) is 5.91 Å². The molecule has 0 aliphatic heterocycles. The number of hydrogen-bond acceptors (Lipinski definition) is 6. The molecule has 0 atom stereocenters. The van der Waals surface area contributed by atoms with Gasteiger partial charge in [0.15, 0.2) is 0 Å². The minimum Gasteiger partial charge on any atom is -0.397 e. The summed E-state index contributed by atoms with van der Waals surface area (Å²) in [7, 11) is 0. The number of nitrogens with two attached hydrogens (primary N) is 2. The normalized spacial score (nSPS) is 10.9. The highest BCUT2D eigenvalue weighted by molar-refractivity contribution is 7.21. The molecule has 0 saturated heterocycles. The topological polar surface area (TPSA) is 107 Å². The number of fused-ring (bicyclic) bond motifs is 1. The quantitative estimate of drug-likeness (QED) is 0.420. The van der Waals surface area contributed by atoms with E-state index in [1.165, 1.54) is 0 Å². The molecule has 0 aliphatic rings. The predicted octanol–water partition coefficient (Wildman–Crippen LogP) is 5.08. The van der Waals surface area contributed by atoms with Crippen LogP contribution in [0.3, 0.4) is 0 Å². The summed E-state index contributed by atoms with van der Waals surface area (Å²) in [5, 5.41) is 4.17. The van der Waals surface area contributed by atoms with Crippen LogP contribution in [0, 0.1) is 0 Å². The summed E-state index contributed by atoms with van der Waals surface area (Å²) in [5.74, 6) is -0.254. The lowest BCUT2D eigenvalue weighted by Crippen LogP contribution is -2.11. The monoisotopic (exact) mass is 429 g/mol. The van der Waals surface area contributed by atoms with Crippen molar-refractivity contribution in [1.29, 1.82) is 0 Å². The van der Waals surface area contributed by atoms with Gasteiger partial charge < -0.3 is 16.8 Å². The van der Waals surface area contributed by atoms with Crippen LogP contribution >= 0.6 is 34.5 Å². The van der Waals surface area contributed by atoms with E-state index in [0.29, 0.717) is 42.1 Å². The third-order valence-corrected chi connectivity index (χ3v) is 5.87. The van der Waals surface area contributed by atoms with Crippen molar-refractivity contribution < 1.29 is 4.79 Å². The van der Waals surface area contributed by atoms with Crippen LogP contribution in [0.2, 0.25) is 10.0 Å². The molecule has 0 aliphatic carbocycles. The lowest BCUT2D eigenvalue weighted by Gasteiger charge is -2.07. The van der Waals surface area contributed by atoms with Crippen LogP contribution < -0.4 is 16.8 Å². The minimum absolute atomic E-state index is 0.0739. The number of para-hydroxylation sites is 1. The fraction of sp³-hybridized carbons (Fsp3) is 0. The Labute approximate surface area is 174 Å². The first-order valence-corrected chi connectivity index (χ1v) is 9.68. The molecule has 4 rings (SSSR count). The Morgan fingerprint density at radius 3 is 2.46 bits per heavy atom. The average Bonchev–Trinajstić information content (AvgIpc) is 3.00. The molecule has 28 heavy (non-hydrogen) atoms. The summed E-state index contributed by atoms with van der Waals surface area (Å²) in [5.41, 5.74) is 14.3. The molecule has 9 heteroatoms. The van der Waals surface area contributed by atoms with Crippen LogP contribution in [0.5, 0.6) is 0 Å². The first kappa shape index (κ1) is 18.5. The zero-order valence-electron chi connectivity index (χ0n) is 14.2. The van der Waals surface area contributed by atoms with Crippen LogP contribution in [-0.4, -0.2) is 15.9 Å². The number of benzene rings is 2. The van der Waals surface area contributed by atoms with E-state index in [1.54, 1.807) is 30.3 Å². The first-order chi connectivity index (χ1) is 13.4. The summed E-state index contributed by atoms with van der Waals surface area (Å²) >= 11 is 13.3. The lowest BCUT2D eigenvalue weighted by atomic mass is 10.1. The van der Waals surface area contributed by atoms with Crippen molar-refractivity contribution in [2.45, 2.75) is 0 Å². The number of nitrogens with one attached hydrogen (secondary N) is 1. The molecule has 2 aromatic carbocycles. The number of anilines is 3. The number of rotatable bonds is 3. The van der Waals surface area contributed by atoms with Crippen molar-refractivity contribution in [2.24, 2.45) is 0 Å². The Balaban J connectivity index is 1.84. The molecule has 5 N–H and O–H groups in total. The Morgan fingerprint density at radius 2 is 1.75 bits per heavy atom. The van der Waals surface area contributed by atoms with Gasteiger partial charge in [0.05, 0.1) is 26.8 Å². The molecular formula is C19H13Cl2N5OS. The number of aromatic nitrogens is 2. The summed E-state index contributed by atoms with van der Waals surface area (Å²) in [6, 6.07) is 14.2. The predicted molar refractivity (Wildman–Crippen MR) is 116 cm³/mol. The number of carbonyl (C=O) groups is 1. The summed E-state index contributed by atoms with van der Waals surface area (Å²) in [6.07, 6.45) is 0. The van der Waals surface area contributed by atoms with E-state index in [1.807, 2.05) is 18.2 Å². The van der Waals surface area contributed by atoms with E-state index in [2.05, 4.69) is 15.3 Å². The van der Waals surface area contributed by atoms with Crippen LogP contribution in [0.4, 0.5) is 17.3 Å². The molecule has 6 nitrogen and oxygen atoms in total. The second-order valence-corrected chi connectivity index (χ2v) is 7.72. The number of amides is 1. The standard InChI is InChI=1S/C19H13Cl2N5OS/c20-11-7-6-9(8-12(11)21)15-13-14(22)16(28-18(13)26-19(23)25-15)17(27)24-10-4-2-1-3-5-10/h1-8H,22H2,(H,24,27)(H2,23,25,26). The van der Waals surface area contributed by atoms with Crippen LogP contribution in [0.25, 0.3) is 21.5 Å². The van der Waals surface area contributed by atoms with Gasteiger partial charge in [-0.1, -0.05) is 47.5 Å². The van der Waals surface area contributed by atoms with E-state index in [-0.39, 0.29) is 17.5 Å². The van der Waals surface area contributed by atoms with Gasteiger partial charge in [-0.05, 0) is 24.3 Å². The molecule has 0 saturated carbocycles. The minimum atomic E-state index is -0.328. The van der Waals surface area contributed by atoms with Crippen molar-refractivity contribution in [1.82, 2.24) is 9.97 Å². The van der Waals surface area contributed by atoms with Gasteiger partial charge in [0, 0.05) is 11.3 Å². The maximum atomic E-state index is 12.7. The Hall–Kier alpha value is -2.87. The van der Waals surface area contributed by atoms with Gasteiger partial charge in [-0.3, -0.25) is 4.79 Å². The zero-order valence-corrected chi connectivity index (χ0v) is 16.6. The van der Waals surface area contributed by atoms with E-state index >= 15 is 0 Å². The smallest absolute Gasteiger partial charge is 0.267 e. The van der Waals surface area contributed by atoms with Crippen molar-refractivity contribution in [3.63, 3.8) is 0 Å². The summed E-state index contributed by atoms with van der Waals surface area (Å²) < 4.78 is 0. The van der Waals surface area contributed by atoms with E-state index < -0.39 is 0 Å². The van der Waals surface area contributed by atoms with Gasteiger partial charge in [-0.25, -0.2) is 9.97 Å². The van der Waals surface area contributed by atoms with Crippen molar-refractivity contribution >= 4 is 68.0 Å². The van der Waals surface area contributed by atoms with E-state index in [0.717, 1.165) is 11.3 Å². The first-order valence-electron chi connectivity index (χ1n) is 8.11. The van der Waals surface area contributed by atoms with E-state index in [4.69, 9.17) is 34.7 Å². The number of nitrogen functional groups attached to an aromatic ring is 2. The fourth-order valence-electron chi connectivity index (χ4n) is 2.77.